The zero-order valence-electron chi connectivity index (χ0n) is 48.3. The smallest absolute Gasteiger partial charge is 0.416 e. The molecule has 4 aromatic carbocycles. The lowest BCUT2D eigenvalue weighted by Crippen LogP contribution is -2.75. The molecule has 4 nitrogen and oxygen atoms in total. The Morgan fingerprint density at radius 3 is 0.697 bits per heavy atom. The highest BCUT2D eigenvalue weighted by atomic mass is 32.2. The number of hydrogen-bond acceptors (Lipinski definition) is 4. The van der Waals surface area contributed by atoms with E-state index in [4.69, 9.17) is 9.47 Å². The summed E-state index contributed by atoms with van der Waals surface area (Å²) >= 11 is 0. The third-order valence-electron chi connectivity index (χ3n) is 14.4. The molecule has 0 atom stereocenters. The lowest BCUT2D eigenvalue weighted by atomic mass is 9.12. The van der Waals surface area contributed by atoms with E-state index in [2.05, 4.69) is 19.4 Å². The van der Waals surface area contributed by atoms with Crippen LogP contribution in [0.4, 0.5) is 105 Å². The Balaban J connectivity index is 0.000000550. The summed E-state index contributed by atoms with van der Waals surface area (Å²) in [4.78, 5) is 24.3. The van der Waals surface area contributed by atoms with Gasteiger partial charge in [0.15, 0.2) is 0 Å². The zero-order chi connectivity index (χ0) is 67.9. The van der Waals surface area contributed by atoms with E-state index in [1.54, 1.807) is 0 Å². The van der Waals surface area contributed by atoms with Crippen molar-refractivity contribution >= 4 is 50.8 Å². The summed E-state index contributed by atoms with van der Waals surface area (Å²) in [5.41, 5.74) is -29.2. The second-order valence-electron chi connectivity index (χ2n) is 21.4. The topological polar surface area (TPSA) is 52.6 Å². The van der Waals surface area contributed by atoms with E-state index in [0.717, 1.165) is 30.6 Å². The molecule has 0 spiro atoms. The summed E-state index contributed by atoms with van der Waals surface area (Å²) in [6.07, 6.45) is -28.5. The molecule has 0 saturated carbocycles. The fourth-order valence-electron chi connectivity index (χ4n) is 10.2. The maximum Gasteiger partial charge on any atom is 0.416 e. The van der Waals surface area contributed by atoms with Gasteiger partial charge in [-0.1, -0.05) is 152 Å². The van der Waals surface area contributed by atoms with Gasteiger partial charge in [-0.05, 0) is 48.0 Å². The van der Waals surface area contributed by atoms with Crippen LogP contribution in [-0.2, 0) is 79.4 Å². The minimum Gasteiger partial charge on any atom is -0.465 e. The number of carbonyl (C=O) groups is 2. The third kappa shape index (κ3) is 22.9. The van der Waals surface area contributed by atoms with Crippen LogP contribution in [0.15, 0.2) is 83.9 Å². The van der Waals surface area contributed by atoms with Crippen LogP contribution in [0.3, 0.4) is 0 Å². The molecule has 0 aromatic heterocycles. The van der Waals surface area contributed by atoms with Gasteiger partial charge < -0.3 is 9.47 Å². The molecule has 0 heterocycles. The predicted octanol–water partition coefficient (Wildman–Crippen LogP) is 18.4. The number of methoxy groups -OCH3 is 2. The van der Waals surface area contributed by atoms with Gasteiger partial charge in [0.2, 0.25) is 0 Å². The number of rotatable bonds is 25. The number of halogens is 24. The van der Waals surface area contributed by atoms with Gasteiger partial charge >= 0.3 is 61.3 Å². The molecule has 0 N–H and O–H groups in total. The minimum absolute atomic E-state index is 0.105. The molecule has 0 aliphatic heterocycles. The second-order valence-corrected chi connectivity index (χ2v) is 23.6. The molecule has 89 heavy (non-hydrogen) atoms. The highest BCUT2D eigenvalue weighted by Gasteiger charge is 2.47. The highest BCUT2D eigenvalue weighted by Crippen LogP contribution is 2.42. The minimum atomic E-state index is -6.13. The Labute approximate surface area is 500 Å². The Hall–Kier alpha value is -5.71. The molecule has 0 amide bonds. The van der Waals surface area contributed by atoms with Gasteiger partial charge in [-0.2, -0.15) is 127 Å². The molecule has 0 radical (unpaired) electrons. The van der Waals surface area contributed by atoms with E-state index < -0.39 is 207 Å². The molecule has 0 aliphatic rings. The molecule has 4 rings (SSSR count). The molecule has 0 fully saturated rings. The first kappa shape index (κ1) is 77.5. The highest BCUT2D eigenvalue weighted by molar-refractivity contribution is 7.95. The third-order valence-corrected chi connectivity index (χ3v) is 15.3. The average molecular weight is 1330 g/mol. The maximum absolute atomic E-state index is 14.2. The average Bonchev–Trinajstić information content (AvgIpc) is 0.713. The molecule has 0 bridgehead atoms. The summed E-state index contributed by atoms with van der Waals surface area (Å²) in [6.45, 7) is 2.27. The molecule has 4 aromatic rings. The van der Waals surface area contributed by atoms with Crippen LogP contribution in [-0.4, -0.2) is 50.6 Å². The van der Waals surface area contributed by atoms with Crippen LogP contribution in [0.5, 0.6) is 0 Å². The first-order chi connectivity index (χ1) is 40.7. The molecule has 0 saturated heterocycles. The molecule has 0 aliphatic carbocycles. The van der Waals surface area contributed by atoms with Crippen molar-refractivity contribution in [2.75, 3.05) is 32.5 Å². The van der Waals surface area contributed by atoms with Gasteiger partial charge in [0.1, 0.15) is 17.5 Å². The summed E-state index contributed by atoms with van der Waals surface area (Å²) < 4.78 is 350. The van der Waals surface area contributed by atoms with E-state index in [1.807, 2.05) is 0 Å². The van der Waals surface area contributed by atoms with Crippen molar-refractivity contribution in [2.24, 2.45) is 0 Å². The largest absolute Gasteiger partial charge is 0.465 e. The van der Waals surface area contributed by atoms with Gasteiger partial charge in [-0.3, -0.25) is 0 Å². The van der Waals surface area contributed by atoms with Crippen LogP contribution in [0, 0.1) is 0 Å². The molecular weight excluding hydrogens is 1270 g/mol. The number of esters is 2. The van der Waals surface area contributed by atoms with E-state index in [-0.39, 0.29) is 16.5 Å². The SMILES string of the molecule is CCCCCCCCCCCCCCCCCCC(C[S+](C)C)=C(C(=O)OC)C(=O)OC.FC(F)(F)c1cc([B-](c2cc(C(F)(F)F)cc(C(F)(F)F)c2)(c2cc(C(F)(F)F)cc(C(F)(F)F)c2)c2cc(C(F)(F)F)cc(C(F)(F)F)c2)cc(C(F)(F)F)c1. The summed E-state index contributed by atoms with van der Waals surface area (Å²) in [7, 11) is 2.73. The molecular formula is C59H63BF24O4S. The molecule has 500 valence electrons. The van der Waals surface area contributed by atoms with E-state index in [9.17, 15) is 115 Å². The van der Waals surface area contributed by atoms with Gasteiger partial charge in [-0.15, -0.1) is 0 Å². The van der Waals surface area contributed by atoms with Gasteiger partial charge in [0.25, 0.3) is 0 Å². The van der Waals surface area contributed by atoms with Gasteiger partial charge in [-0.25, -0.2) is 9.59 Å². The normalized spacial score (nSPS) is 13.1. The zero-order valence-corrected chi connectivity index (χ0v) is 49.2. The van der Waals surface area contributed by atoms with Gasteiger partial charge in [0.05, 0.1) is 71.2 Å². The van der Waals surface area contributed by atoms with E-state index in [1.165, 1.54) is 104 Å². The summed E-state index contributed by atoms with van der Waals surface area (Å²) in [5, 5.41) is 0. The molecule has 0 unspecified atom stereocenters. The van der Waals surface area contributed by atoms with Crippen LogP contribution in [0.2, 0.25) is 0 Å². The van der Waals surface area contributed by atoms with Crippen molar-refractivity contribution in [3.63, 3.8) is 0 Å². The quantitative estimate of drug-likeness (QED) is 0.00970. The van der Waals surface area contributed by atoms with Crippen molar-refractivity contribution < 1.29 is 124 Å². The Bertz CT molecular complexity index is 2530. The van der Waals surface area contributed by atoms with Crippen molar-refractivity contribution in [3.8, 4) is 0 Å². The number of benzene rings is 4. The van der Waals surface area contributed by atoms with E-state index in [0.29, 0.717) is 0 Å². The van der Waals surface area contributed by atoms with Crippen molar-refractivity contribution in [2.45, 2.75) is 165 Å². The summed E-state index contributed by atoms with van der Waals surface area (Å²) in [6, 6.07) is -8.81. The monoisotopic (exact) mass is 1330 g/mol. The summed E-state index contributed by atoms with van der Waals surface area (Å²) in [5.74, 6) is -0.402. The second kappa shape index (κ2) is 31.6. The fraction of sp³-hybridized carbons (Fsp3) is 0.525. The number of ether oxygens (including phenoxy) is 2. The van der Waals surface area contributed by atoms with Crippen molar-refractivity contribution in [1.82, 2.24) is 0 Å². The number of hydrogen-bond donors (Lipinski definition) is 0. The van der Waals surface area contributed by atoms with Crippen LogP contribution in [0.1, 0.15) is 161 Å². The Morgan fingerprint density at radius 1 is 0.337 bits per heavy atom. The number of alkyl halides is 24. The van der Waals surface area contributed by atoms with Crippen LogP contribution in [0.25, 0.3) is 0 Å². The maximum atomic E-state index is 14.2. The Morgan fingerprint density at radius 2 is 0.528 bits per heavy atom. The van der Waals surface area contributed by atoms with Gasteiger partial charge in [0, 0.05) is 5.57 Å². The first-order valence-electron chi connectivity index (χ1n) is 27.5. The Kier molecular flexibility index (Phi) is 27.5. The van der Waals surface area contributed by atoms with Crippen LogP contribution < -0.4 is 21.9 Å². The lowest BCUT2D eigenvalue weighted by molar-refractivity contribution is -0.145. The van der Waals surface area contributed by atoms with Crippen molar-refractivity contribution in [3.05, 3.63) is 128 Å². The van der Waals surface area contributed by atoms with Crippen molar-refractivity contribution in [1.29, 1.82) is 0 Å². The standard InChI is InChI=1S/C32H12BF24.C27H51O4S/c34-25(35,36)13-1-14(26(37,38)39)6-21(5-13)33(22-7-15(27(40,41)42)2-16(8-22)28(43,44)45,23-9-17(29(46,47)48)3-18(10-23)30(49,50)51)24-11-19(31(52,53)54)4-20(12-24)32(55,56)57;1-6-7-8-9-10-11-12-13-14-15-16-17-18-19-20-21-22-24(23-32(4)5)25(26(28)30-2)27(29)31-3/h1-12H;6-23H2,1-5H3/q-1;+1. The first-order valence-corrected chi connectivity index (χ1v) is 29.7. The predicted molar refractivity (Wildman–Crippen MR) is 289 cm³/mol. The number of unbranched alkanes of at least 4 members (excludes halogenated alkanes) is 15. The van der Waals surface area contributed by atoms with E-state index >= 15 is 0 Å². The van der Waals surface area contributed by atoms with Crippen LogP contribution >= 0.6 is 0 Å². The number of carbonyl (C=O) groups excluding carboxylic acids is 2. The fourth-order valence-corrected chi connectivity index (χ4v) is 11.1. The molecule has 30 heteroatoms. The lowest BCUT2D eigenvalue weighted by Gasteiger charge is -2.46.